The highest BCUT2D eigenvalue weighted by Crippen LogP contribution is 2.30. The maximum absolute atomic E-state index is 13.2. The number of aromatic nitrogens is 4. The van der Waals surface area contributed by atoms with E-state index in [0.717, 1.165) is 28.9 Å². The lowest BCUT2D eigenvalue weighted by atomic mass is 10.0. The Morgan fingerprint density at radius 2 is 1.53 bits per heavy atom. The summed E-state index contributed by atoms with van der Waals surface area (Å²) in [5.74, 6) is -0.996. The number of halogens is 4. The molecule has 0 amide bonds. The molecule has 0 aliphatic carbocycles. The van der Waals surface area contributed by atoms with Gasteiger partial charge in [0.25, 0.3) is 0 Å². The number of rotatable bonds is 4. The summed E-state index contributed by atoms with van der Waals surface area (Å²) in [6.07, 6.45) is -0.908. The Hall–Kier alpha value is -3.62. The van der Waals surface area contributed by atoms with Gasteiger partial charge in [0.2, 0.25) is 5.82 Å². The van der Waals surface area contributed by atoms with Crippen LogP contribution in [0.1, 0.15) is 24.4 Å². The first-order chi connectivity index (χ1) is 14.3. The molecule has 5 nitrogen and oxygen atoms in total. The van der Waals surface area contributed by atoms with E-state index in [0.29, 0.717) is 16.9 Å². The van der Waals surface area contributed by atoms with Crippen LogP contribution >= 0.6 is 0 Å². The number of nitrogens with zero attached hydrogens (tertiary/aromatic N) is 4. The van der Waals surface area contributed by atoms with Gasteiger partial charge in [-0.25, -0.2) is 24.3 Å². The zero-order chi connectivity index (χ0) is 21.3. The van der Waals surface area contributed by atoms with Crippen LogP contribution in [0, 0.1) is 5.82 Å². The molecule has 0 aliphatic rings. The summed E-state index contributed by atoms with van der Waals surface area (Å²) in [6.45, 7) is 1.77. The Kier molecular flexibility index (Phi) is 5.03. The molecule has 0 saturated heterocycles. The zero-order valence-corrected chi connectivity index (χ0v) is 15.7. The Balaban J connectivity index is 1.65. The average molecular weight is 413 g/mol. The van der Waals surface area contributed by atoms with Gasteiger partial charge < -0.3 is 5.32 Å². The van der Waals surface area contributed by atoms with E-state index in [2.05, 4.69) is 25.3 Å². The summed E-state index contributed by atoms with van der Waals surface area (Å²) in [5, 5.41) is 3.90. The molecule has 4 aromatic rings. The van der Waals surface area contributed by atoms with E-state index >= 15 is 0 Å². The SMILES string of the molecule is CC(Nc1ncnc2ccc(-c3ccc(F)cc3)cc12)c1cnc(C(F)(F)F)nc1. The van der Waals surface area contributed by atoms with Crippen molar-refractivity contribution in [2.24, 2.45) is 0 Å². The fourth-order valence-electron chi connectivity index (χ4n) is 2.99. The van der Waals surface area contributed by atoms with Gasteiger partial charge in [-0.3, -0.25) is 0 Å². The third-order valence-corrected chi connectivity index (χ3v) is 4.59. The van der Waals surface area contributed by atoms with E-state index in [1.807, 2.05) is 18.2 Å². The minimum absolute atomic E-state index is 0.321. The quantitative estimate of drug-likeness (QED) is 0.453. The first-order valence-electron chi connectivity index (χ1n) is 8.97. The lowest BCUT2D eigenvalue weighted by molar-refractivity contribution is -0.145. The van der Waals surface area contributed by atoms with Crippen molar-refractivity contribution in [2.75, 3.05) is 5.32 Å². The molecule has 2 heterocycles. The molecule has 9 heteroatoms. The molecule has 2 aromatic carbocycles. The largest absolute Gasteiger partial charge is 0.451 e. The maximum atomic E-state index is 13.2. The molecule has 2 aromatic heterocycles. The van der Waals surface area contributed by atoms with E-state index in [4.69, 9.17) is 0 Å². The number of alkyl halides is 3. The molecule has 0 bridgehead atoms. The lowest BCUT2D eigenvalue weighted by Crippen LogP contribution is -2.14. The average Bonchev–Trinajstić information content (AvgIpc) is 2.74. The summed E-state index contributed by atoms with van der Waals surface area (Å²) in [7, 11) is 0. The molecule has 0 fully saturated rings. The van der Waals surface area contributed by atoms with Gasteiger partial charge in [0.1, 0.15) is 18.0 Å². The normalized spacial score (nSPS) is 12.7. The summed E-state index contributed by atoms with van der Waals surface area (Å²) in [6, 6.07) is 11.3. The molecule has 0 spiro atoms. The highest BCUT2D eigenvalue weighted by molar-refractivity contribution is 5.92. The van der Waals surface area contributed by atoms with Crippen LogP contribution in [0.15, 0.2) is 61.2 Å². The van der Waals surface area contributed by atoms with Gasteiger partial charge in [-0.15, -0.1) is 0 Å². The molecule has 1 atom stereocenters. The van der Waals surface area contributed by atoms with Crippen molar-refractivity contribution in [2.45, 2.75) is 19.1 Å². The van der Waals surface area contributed by atoms with Crippen LogP contribution in [-0.2, 0) is 6.18 Å². The third-order valence-electron chi connectivity index (χ3n) is 4.59. The Bertz CT molecular complexity index is 1170. The van der Waals surface area contributed by atoms with Crippen molar-refractivity contribution >= 4 is 16.7 Å². The summed E-state index contributed by atoms with van der Waals surface area (Å²) in [4.78, 5) is 15.3. The van der Waals surface area contributed by atoms with Crippen molar-refractivity contribution in [1.29, 1.82) is 0 Å². The van der Waals surface area contributed by atoms with E-state index in [9.17, 15) is 17.6 Å². The molecular weight excluding hydrogens is 398 g/mol. The van der Waals surface area contributed by atoms with Gasteiger partial charge in [-0.2, -0.15) is 13.2 Å². The van der Waals surface area contributed by atoms with E-state index < -0.39 is 18.0 Å². The fourth-order valence-corrected chi connectivity index (χ4v) is 2.99. The van der Waals surface area contributed by atoms with Crippen LogP contribution in [-0.4, -0.2) is 19.9 Å². The molecular formula is C21H15F4N5. The van der Waals surface area contributed by atoms with Gasteiger partial charge in [-0.1, -0.05) is 18.2 Å². The summed E-state index contributed by atoms with van der Waals surface area (Å²) in [5.41, 5.74) is 2.85. The van der Waals surface area contributed by atoms with Crippen molar-refractivity contribution in [3.63, 3.8) is 0 Å². The number of anilines is 1. The second kappa shape index (κ2) is 7.66. The third kappa shape index (κ3) is 4.05. The molecule has 0 radical (unpaired) electrons. The van der Waals surface area contributed by atoms with Crippen LogP contribution in [0.5, 0.6) is 0 Å². The van der Waals surface area contributed by atoms with Gasteiger partial charge in [0, 0.05) is 23.3 Å². The van der Waals surface area contributed by atoms with Crippen LogP contribution in [0.4, 0.5) is 23.4 Å². The lowest BCUT2D eigenvalue weighted by Gasteiger charge is -2.16. The predicted molar refractivity (Wildman–Crippen MR) is 104 cm³/mol. The predicted octanol–water partition coefficient (Wildman–Crippen LogP) is 5.42. The summed E-state index contributed by atoms with van der Waals surface area (Å²) >= 11 is 0. The number of nitrogens with one attached hydrogen (secondary N) is 1. The smallest absolute Gasteiger partial charge is 0.363 e. The minimum Gasteiger partial charge on any atom is -0.363 e. The number of fused-ring (bicyclic) bond motifs is 1. The van der Waals surface area contributed by atoms with E-state index in [1.54, 1.807) is 19.1 Å². The standard InChI is InChI=1S/C21H15F4N5/c1-12(15-9-26-20(27-10-15)21(23,24)25)30-19-17-8-14(4-7-18(17)28-11-29-19)13-2-5-16(22)6-3-13/h2-12H,1H3,(H,28,29,30). The highest BCUT2D eigenvalue weighted by Gasteiger charge is 2.34. The number of hydrogen-bond donors (Lipinski definition) is 1. The van der Waals surface area contributed by atoms with Gasteiger partial charge in [-0.05, 0) is 42.3 Å². The first kappa shape index (κ1) is 19.7. The zero-order valence-electron chi connectivity index (χ0n) is 15.7. The highest BCUT2D eigenvalue weighted by atomic mass is 19.4. The van der Waals surface area contributed by atoms with Crippen LogP contribution in [0.25, 0.3) is 22.0 Å². The van der Waals surface area contributed by atoms with Gasteiger partial charge in [0.15, 0.2) is 0 Å². The van der Waals surface area contributed by atoms with E-state index in [-0.39, 0.29) is 5.82 Å². The maximum Gasteiger partial charge on any atom is 0.451 e. The Morgan fingerprint density at radius 3 is 2.20 bits per heavy atom. The second-order valence-electron chi connectivity index (χ2n) is 6.66. The van der Waals surface area contributed by atoms with Gasteiger partial charge in [0.05, 0.1) is 11.6 Å². The van der Waals surface area contributed by atoms with Crippen LogP contribution in [0.3, 0.4) is 0 Å². The number of hydrogen-bond acceptors (Lipinski definition) is 5. The van der Waals surface area contributed by atoms with Crippen molar-refractivity contribution < 1.29 is 17.6 Å². The van der Waals surface area contributed by atoms with Gasteiger partial charge >= 0.3 is 6.18 Å². The monoisotopic (exact) mass is 413 g/mol. The molecule has 0 saturated carbocycles. The topological polar surface area (TPSA) is 63.6 Å². The summed E-state index contributed by atoms with van der Waals surface area (Å²) < 4.78 is 51.2. The number of benzene rings is 2. The van der Waals surface area contributed by atoms with Crippen LogP contribution < -0.4 is 5.32 Å². The molecule has 1 N–H and O–H groups in total. The molecule has 4 rings (SSSR count). The molecule has 30 heavy (non-hydrogen) atoms. The molecule has 1 unspecified atom stereocenters. The van der Waals surface area contributed by atoms with Crippen LogP contribution in [0.2, 0.25) is 0 Å². The second-order valence-corrected chi connectivity index (χ2v) is 6.66. The fraction of sp³-hybridized carbons (Fsp3) is 0.143. The van der Waals surface area contributed by atoms with Crippen molar-refractivity contribution in [3.8, 4) is 11.1 Å². The molecule has 0 aliphatic heterocycles. The molecule has 152 valence electrons. The van der Waals surface area contributed by atoms with Crippen molar-refractivity contribution in [3.05, 3.63) is 78.4 Å². The minimum atomic E-state index is -4.59. The Morgan fingerprint density at radius 1 is 0.867 bits per heavy atom. The first-order valence-corrected chi connectivity index (χ1v) is 8.97. The van der Waals surface area contributed by atoms with E-state index in [1.165, 1.54) is 18.5 Å². The van der Waals surface area contributed by atoms with Crippen molar-refractivity contribution in [1.82, 2.24) is 19.9 Å². The Labute approximate surface area is 168 Å².